The number of halogens is 1. The Balaban J connectivity index is 2.20. The van der Waals surface area contributed by atoms with Crippen LogP contribution in [-0.4, -0.2) is 15.8 Å². The molecule has 0 aliphatic carbocycles. The molecule has 0 bridgehead atoms. The van der Waals surface area contributed by atoms with Gasteiger partial charge in [-0.2, -0.15) is 5.10 Å². The van der Waals surface area contributed by atoms with Crippen LogP contribution in [0, 0.1) is 0 Å². The number of hydrogen-bond donors (Lipinski definition) is 1. The largest absolute Gasteiger partial charge is 0.452 e. The minimum atomic E-state index is 0.407. The number of rotatable bonds is 6. The number of hydrogen-bond acceptors (Lipinski definition) is 3. The molecule has 0 unspecified atom stereocenters. The SMILES string of the molecule is CCn1cc(Oc2c(Cl)cccc2CNC(C)C)cn1. The van der Waals surface area contributed by atoms with Gasteiger partial charge >= 0.3 is 0 Å². The predicted molar refractivity (Wildman–Crippen MR) is 81.4 cm³/mol. The Bertz CT molecular complexity index is 566. The Labute approximate surface area is 124 Å². The number of ether oxygens (including phenoxy) is 1. The van der Waals surface area contributed by atoms with E-state index in [1.54, 1.807) is 6.20 Å². The van der Waals surface area contributed by atoms with Crippen LogP contribution in [0.5, 0.6) is 11.5 Å². The van der Waals surface area contributed by atoms with Gasteiger partial charge in [-0.3, -0.25) is 4.68 Å². The highest BCUT2D eigenvalue weighted by Crippen LogP contribution is 2.32. The van der Waals surface area contributed by atoms with Gasteiger partial charge in [-0.15, -0.1) is 0 Å². The van der Waals surface area contributed by atoms with Gasteiger partial charge in [0.15, 0.2) is 11.5 Å². The summed E-state index contributed by atoms with van der Waals surface area (Å²) < 4.78 is 7.72. The standard InChI is InChI=1S/C15H20ClN3O/c1-4-19-10-13(9-18-19)20-15-12(8-17-11(2)3)6-5-7-14(15)16/h5-7,9-11,17H,4,8H2,1-3H3. The minimum absolute atomic E-state index is 0.407. The highest BCUT2D eigenvalue weighted by atomic mass is 35.5. The molecular weight excluding hydrogens is 274 g/mol. The number of nitrogens with one attached hydrogen (secondary N) is 1. The lowest BCUT2D eigenvalue weighted by Crippen LogP contribution is -2.22. The van der Waals surface area contributed by atoms with Gasteiger partial charge in [-0.05, 0) is 13.0 Å². The van der Waals surface area contributed by atoms with Crippen LogP contribution in [0.2, 0.25) is 5.02 Å². The zero-order chi connectivity index (χ0) is 14.5. The van der Waals surface area contributed by atoms with E-state index in [1.807, 2.05) is 36.0 Å². The topological polar surface area (TPSA) is 39.1 Å². The number of para-hydroxylation sites is 1. The van der Waals surface area contributed by atoms with E-state index in [4.69, 9.17) is 16.3 Å². The van der Waals surface area contributed by atoms with Crippen LogP contribution in [0.25, 0.3) is 0 Å². The lowest BCUT2D eigenvalue weighted by molar-refractivity contribution is 0.468. The minimum Gasteiger partial charge on any atom is -0.452 e. The zero-order valence-corrected chi connectivity index (χ0v) is 12.8. The zero-order valence-electron chi connectivity index (χ0n) is 12.1. The van der Waals surface area contributed by atoms with E-state index in [2.05, 4.69) is 24.3 Å². The fourth-order valence-electron chi connectivity index (χ4n) is 1.81. The quantitative estimate of drug-likeness (QED) is 0.879. The Morgan fingerprint density at radius 3 is 2.85 bits per heavy atom. The van der Waals surface area contributed by atoms with Gasteiger partial charge in [-0.1, -0.05) is 37.6 Å². The highest BCUT2D eigenvalue weighted by Gasteiger charge is 2.11. The third-order valence-electron chi connectivity index (χ3n) is 2.90. The summed E-state index contributed by atoms with van der Waals surface area (Å²) in [5.41, 5.74) is 1.04. The maximum Gasteiger partial charge on any atom is 0.165 e. The Hall–Kier alpha value is -1.52. The molecule has 20 heavy (non-hydrogen) atoms. The second-order valence-electron chi connectivity index (χ2n) is 4.90. The van der Waals surface area contributed by atoms with Crippen molar-refractivity contribution in [3.63, 3.8) is 0 Å². The van der Waals surface area contributed by atoms with Gasteiger partial charge in [0.05, 0.1) is 17.4 Å². The normalized spacial score (nSPS) is 11.1. The predicted octanol–water partition coefficient (Wildman–Crippen LogP) is 3.85. The molecule has 1 aromatic carbocycles. The summed E-state index contributed by atoms with van der Waals surface area (Å²) in [4.78, 5) is 0. The number of benzene rings is 1. The molecule has 0 aliphatic heterocycles. The molecule has 0 saturated carbocycles. The van der Waals surface area contributed by atoms with Crippen molar-refractivity contribution in [2.45, 2.75) is 39.9 Å². The average Bonchev–Trinajstić information content (AvgIpc) is 2.87. The third-order valence-corrected chi connectivity index (χ3v) is 3.20. The fraction of sp³-hybridized carbons (Fsp3) is 0.400. The number of aromatic nitrogens is 2. The van der Waals surface area contributed by atoms with Crippen molar-refractivity contribution in [1.29, 1.82) is 0 Å². The van der Waals surface area contributed by atoms with Crippen molar-refractivity contribution in [2.24, 2.45) is 0 Å². The van der Waals surface area contributed by atoms with E-state index in [1.165, 1.54) is 0 Å². The lowest BCUT2D eigenvalue weighted by atomic mass is 10.2. The van der Waals surface area contributed by atoms with Crippen molar-refractivity contribution in [3.05, 3.63) is 41.2 Å². The smallest absolute Gasteiger partial charge is 0.165 e. The van der Waals surface area contributed by atoms with Gasteiger partial charge < -0.3 is 10.1 Å². The Morgan fingerprint density at radius 1 is 1.40 bits per heavy atom. The van der Waals surface area contributed by atoms with Gasteiger partial charge in [-0.25, -0.2) is 0 Å². The van der Waals surface area contributed by atoms with Crippen LogP contribution in [0.15, 0.2) is 30.6 Å². The van der Waals surface area contributed by atoms with Crippen LogP contribution in [0.1, 0.15) is 26.3 Å². The highest BCUT2D eigenvalue weighted by molar-refractivity contribution is 6.32. The van der Waals surface area contributed by atoms with Crippen molar-refractivity contribution in [1.82, 2.24) is 15.1 Å². The van der Waals surface area contributed by atoms with E-state index >= 15 is 0 Å². The van der Waals surface area contributed by atoms with Gasteiger partial charge in [0.1, 0.15) is 0 Å². The summed E-state index contributed by atoms with van der Waals surface area (Å²) in [5.74, 6) is 1.39. The van der Waals surface area contributed by atoms with Crippen molar-refractivity contribution in [2.75, 3.05) is 0 Å². The van der Waals surface area contributed by atoms with Gasteiger partial charge in [0.25, 0.3) is 0 Å². The molecule has 0 spiro atoms. The van der Waals surface area contributed by atoms with E-state index in [0.29, 0.717) is 22.6 Å². The van der Waals surface area contributed by atoms with Crippen LogP contribution in [0.3, 0.4) is 0 Å². The summed E-state index contributed by atoms with van der Waals surface area (Å²) >= 11 is 6.26. The molecule has 1 heterocycles. The first kappa shape index (κ1) is 14.9. The molecule has 0 fully saturated rings. The molecule has 0 amide bonds. The fourth-order valence-corrected chi connectivity index (χ4v) is 2.04. The van der Waals surface area contributed by atoms with Crippen LogP contribution < -0.4 is 10.1 Å². The summed E-state index contributed by atoms with van der Waals surface area (Å²) in [6.07, 6.45) is 3.56. The second kappa shape index (κ2) is 6.77. The van der Waals surface area contributed by atoms with Crippen molar-refractivity contribution in [3.8, 4) is 11.5 Å². The van der Waals surface area contributed by atoms with Gasteiger partial charge in [0.2, 0.25) is 0 Å². The molecule has 4 nitrogen and oxygen atoms in total. The first-order valence-corrected chi connectivity index (χ1v) is 7.19. The number of aryl methyl sites for hydroxylation is 1. The first-order valence-electron chi connectivity index (χ1n) is 6.81. The average molecular weight is 294 g/mol. The van der Waals surface area contributed by atoms with Crippen LogP contribution >= 0.6 is 11.6 Å². The molecule has 1 aromatic heterocycles. The number of nitrogens with zero attached hydrogens (tertiary/aromatic N) is 2. The lowest BCUT2D eigenvalue weighted by Gasteiger charge is -2.13. The molecule has 0 saturated heterocycles. The van der Waals surface area contributed by atoms with Crippen LogP contribution in [-0.2, 0) is 13.1 Å². The second-order valence-corrected chi connectivity index (χ2v) is 5.30. The summed E-state index contributed by atoms with van der Waals surface area (Å²) in [6, 6.07) is 6.19. The van der Waals surface area contributed by atoms with E-state index in [9.17, 15) is 0 Å². The molecule has 108 valence electrons. The molecule has 0 atom stereocenters. The van der Waals surface area contributed by atoms with E-state index in [0.717, 1.165) is 18.7 Å². The molecule has 2 rings (SSSR count). The van der Waals surface area contributed by atoms with E-state index < -0.39 is 0 Å². The van der Waals surface area contributed by atoms with Crippen LogP contribution in [0.4, 0.5) is 0 Å². The Kier molecular flexibility index (Phi) is 5.04. The van der Waals surface area contributed by atoms with Crippen molar-refractivity contribution < 1.29 is 4.74 Å². The summed E-state index contributed by atoms with van der Waals surface area (Å²) in [5, 5.41) is 8.18. The maximum absolute atomic E-state index is 6.26. The summed E-state index contributed by atoms with van der Waals surface area (Å²) in [6.45, 7) is 7.78. The molecular formula is C15H20ClN3O. The molecule has 0 radical (unpaired) electrons. The summed E-state index contributed by atoms with van der Waals surface area (Å²) in [7, 11) is 0. The molecule has 2 aromatic rings. The Morgan fingerprint density at radius 2 is 2.20 bits per heavy atom. The van der Waals surface area contributed by atoms with E-state index in [-0.39, 0.29) is 0 Å². The van der Waals surface area contributed by atoms with Gasteiger partial charge in [0, 0.05) is 24.7 Å². The maximum atomic E-state index is 6.26. The third kappa shape index (κ3) is 3.74. The molecule has 1 N–H and O–H groups in total. The molecule has 0 aliphatic rings. The van der Waals surface area contributed by atoms with Crippen molar-refractivity contribution >= 4 is 11.6 Å². The monoisotopic (exact) mass is 293 g/mol. The first-order chi connectivity index (χ1) is 9.60. The molecule has 5 heteroatoms.